The molecule has 2 aromatic carbocycles. The standard InChI is InChI=1S/C21H20FN5O2.2H2/c1-11-7-15(8-12(2)18(11)22)25-20-23-10-13(3)19(26-20)24-14-5-6-17-16(9-14)27(4)21(28)29-17;;/h5-10H,1-4H3,(H2,23,24,25,26);2*1H. The van der Waals surface area contributed by atoms with Crippen molar-refractivity contribution in [3.63, 3.8) is 0 Å². The molecule has 0 saturated carbocycles. The molecule has 0 unspecified atom stereocenters. The fourth-order valence-electron chi connectivity index (χ4n) is 3.12. The summed E-state index contributed by atoms with van der Waals surface area (Å²) in [5.41, 5.74) is 4.63. The van der Waals surface area contributed by atoms with Crippen molar-refractivity contribution in [1.82, 2.24) is 14.5 Å². The van der Waals surface area contributed by atoms with Crippen molar-refractivity contribution < 1.29 is 11.7 Å². The Morgan fingerprint density at radius 3 is 2.48 bits per heavy atom. The molecule has 2 N–H and O–H groups in total. The predicted octanol–water partition coefficient (Wildman–Crippen LogP) is 4.97. The van der Waals surface area contributed by atoms with Crippen LogP contribution in [0.2, 0.25) is 0 Å². The van der Waals surface area contributed by atoms with E-state index in [4.69, 9.17) is 4.42 Å². The molecule has 0 amide bonds. The van der Waals surface area contributed by atoms with Gasteiger partial charge in [0, 0.05) is 33.0 Å². The molecular formula is C21H24FN5O2. The highest BCUT2D eigenvalue weighted by Crippen LogP contribution is 2.25. The summed E-state index contributed by atoms with van der Waals surface area (Å²) in [4.78, 5) is 20.5. The zero-order valence-electron chi connectivity index (χ0n) is 16.5. The van der Waals surface area contributed by atoms with Gasteiger partial charge in [0.2, 0.25) is 5.95 Å². The lowest BCUT2D eigenvalue weighted by Gasteiger charge is -2.12. The molecule has 0 aliphatic rings. The average molecular weight is 397 g/mol. The van der Waals surface area contributed by atoms with E-state index in [1.807, 2.05) is 19.1 Å². The number of oxazole rings is 1. The number of aromatic nitrogens is 3. The molecule has 2 aromatic heterocycles. The molecule has 4 rings (SSSR count). The van der Waals surface area contributed by atoms with Gasteiger partial charge in [0.15, 0.2) is 5.58 Å². The lowest BCUT2D eigenvalue weighted by molar-refractivity contribution is 0.528. The average Bonchev–Trinajstić information content (AvgIpc) is 2.96. The molecule has 0 aliphatic carbocycles. The Hall–Kier alpha value is -3.68. The third kappa shape index (κ3) is 3.56. The van der Waals surface area contributed by atoms with E-state index >= 15 is 0 Å². The van der Waals surface area contributed by atoms with Crippen molar-refractivity contribution in [2.45, 2.75) is 20.8 Å². The van der Waals surface area contributed by atoms with Gasteiger partial charge >= 0.3 is 5.76 Å². The SMILES string of the molecule is Cc1cnc(Nc2cc(C)c(F)c(C)c2)nc1Nc1ccc2oc(=O)n(C)c2c1.[HH].[HH]. The Balaban J connectivity index is 0.00000171. The van der Waals surface area contributed by atoms with Crippen LogP contribution in [0.4, 0.5) is 27.5 Å². The van der Waals surface area contributed by atoms with Crippen LogP contribution in [0.25, 0.3) is 11.1 Å². The molecule has 4 aromatic rings. The number of halogens is 1. The second kappa shape index (κ2) is 7.05. The minimum Gasteiger partial charge on any atom is -0.408 e. The number of anilines is 4. The van der Waals surface area contributed by atoms with Crippen molar-refractivity contribution in [3.05, 3.63) is 69.6 Å². The first-order valence-corrected chi connectivity index (χ1v) is 9.06. The van der Waals surface area contributed by atoms with Gasteiger partial charge in [-0.3, -0.25) is 4.57 Å². The summed E-state index contributed by atoms with van der Waals surface area (Å²) in [6.45, 7) is 5.33. The second-order valence-electron chi connectivity index (χ2n) is 7.01. The van der Waals surface area contributed by atoms with Crippen LogP contribution in [0.15, 0.2) is 45.7 Å². The van der Waals surface area contributed by atoms with E-state index in [0.717, 1.165) is 11.3 Å². The van der Waals surface area contributed by atoms with Crippen LogP contribution >= 0.6 is 0 Å². The molecule has 0 spiro atoms. The molecule has 0 aliphatic heterocycles. The number of hydrogen-bond donors (Lipinski definition) is 2. The summed E-state index contributed by atoms with van der Waals surface area (Å²) in [6.07, 6.45) is 1.70. The van der Waals surface area contributed by atoms with E-state index in [2.05, 4.69) is 20.6 Å². The molecule has 152 valence electrons. The molecule has 2 heterocycles. The normalized spacial score (nSPS) is 11.1. The van der Waals surface area contributed by atoms with Crippen LogP contribution in [-0.4, -0.2) is 14.5 Å². The highest BCUT2D eigenvalue weighted by Gasteiger charge is 2.10. The summed E-state index contributed by atoms with van der Waals surface area (Å²) in [7, 11) is 1.66. The summed E-state index contributed by atoms with van der Waals surface area (Å²) in [6, 6.07) is 8.80. The van der Waals surface area contributed by atoms with E-state index in [9.17, 15) is 9.18 Å². The van der Waals surface area contributed by atoms with E-state index in [-0.39, 0.29) is 8.67 Å². The molecule has 0 radical (unpaired) electrons. The summed E-state index contributed by atoms with van der Waals surface area (Å²) in [5.74, 6) is 0.379. The Morgan fingerprint density at radius 1 is 1.03 bits per heavy atom. The zero-order chi connectivity index (χ0) is 20.7. The molecule has 0 fully saturated rings. The first-order valence-electron chi connectivity index (χ1n) is 9.06. The molecule has 29 heavy (non-hydrogen) atoms. The summed E-state index contributed by atoms with van der Waals surface area (Å²) in [5, 5.41) is 6.37. The number of hydrogen-bond acceptors (Lipinski definition) is 6. The third-order valence-corrected chi connectivity index (χ3v) is 4.72. The van der Waals surface area contributed by atoms with E-state index in [1.54, 1.807) is 45.3 Å². The Kier molecular flexibility index (Phi) is 4.54. The van der Waals surface area contributed by atoms with Crippen molar-refractivity contribution >= 4 is 34.2 Å². The Labute approximate surface area is 169 Å². The van der Waals surface area contributed by atoms with Crippen LogP contribution in [0.1, 0.15) is 19.5 Å². The number of rotatable bonds is 4. The maximum atomic E-state index is 13.9. The van der Waals surface area contributed by atoms with Crippen molar-refractivity contribution in [3.8, 4) is 0 Å². The monoisotopic (exact) mass is 397 g/mol. The lowest BCUT2D eigenvalue weighted by Crippen LogP contribution is -2.08. The van der Waals surface area contributed by atoms with Crippen LogP contribution in [0.3, 0.4) is 0 Å². The van der Waals surface area contributed by atoms with Gasteiger partial charge in [-0.25, -0.2) is 14.2 Å². The first-order chi connectivity index (χ1) is 13.8. The molecule has 0 atom stereocenters. The van der Waals surface area contributed by atoms with Gasteiger partial charge in [0.1, 0.15) is 11.6 Å². The van der Waals surface area contributed by atoms with Crippen molar-refractivity contribution in [2.75, 3.05) is 10.6 Å². The Morgan fingerprint density at radius 2 is 1.76 bits per heavy atom. The maximum Gasteiger partial charge on any atom is 0.419 e. The number of fused-ring (bicyclic) bond motifs is 1. The van der Waals surface area contributed by atoms with Crippen LogP contribution in [0, 0.1) is 26.6 Å². The summed E-state index contributed by atoms with van der Waals surface area (Å²) < 4.78 is 20.5. The van der Waals surface area contributed by atoms with Gasteiger partial charge in [0.05, 0.1) is 5.52 Å². The van der Waals surface area contributed by atoms with Crippen LogP contribution in [-0.2, 0) is 7.05 Å². The number of nitrogens with one attached hydrogen (secondary N) is 2. The van der Waals surface area contributed by atoms with Gasteiger partial charge < -0.3 is 15.1 Å². The van der Waals surface area contributed by atoms with Crippen molar-refractivity contribution in [1.29, 1.82) is 0 Å². The molecule has 7 nitrogen and oxygen atoms in total. The zero-order valence-corrected chi connectivity index (χ0v) is 16.5. The second-order valence-corrected chi connectivity index (χ2v) is 7.01. The first kappa shape index (κ1) is 18.7. The minimum atomic E-state index is -0.410. The summed E-state index contributed by atoms with van der Waals surface area (Å²) >= 11 is 0. The number of benzene rings is 2. The predicted molar refractivity (Wildman–Crippen MR) is 115 cm³/mol. The number of nitrogens with zero attached hydrogens (tertiary/aromatic N) is 3. The van der Waals surface area contributed by atoms with Crippen molar-refractivity contribution in [2.24, 2.45) is 7.05 Å². The smallest absolute Gasteiger partial charge is 0.408 e. The molecule has 0 saturated heterocycles. The molecule has 0 bridgehead atoms. The van der Waals surface area contributed by atoms with Crippen LogP contribution < -0.4 is 16.4 Å². The van der Waals surface area contributed by atoms with Gasteiger partial charge in [0.25, 0.3) is 0 Å². The Bertz CT molecular complexity index is 1280. The highest BCUT2D eigenvalue weighted by molar-refractivity contribution is 5.79. The van der Waals surface area contributed by atoms with Gasteiger partial charge in [-0.1, -0.05) is 0 Å². The molecular weight excluding hydrogens is 373 g/mol. The third-order valence-electron chi connectivity index (χ3n) is 4.72. The van der Waals surface area contributed by atoms with Crippen LogP contribution in [0.5, 0.6) is 0 Å². The largest absolute Gasteiger partial charge is 0.419 e. The lowest BCUT2D eigenvalue weighted by atomic mass is 10.1. The minimum absolute atomic E-state index is 0. The van der Waals surface area contributed by atoms with E-state index in [0.29, 0.717) is 39.7 Å². The fourth-order valence-corrected chi connectivity index (χ4v) is 3.12. The fraction of sp³-hybridized carbons (Fsp3) is 0.190. The topological polar surface area (TPSA) is 85.0 Å². The van der Waals surface area contributed by atoms with Gasteiger partial charge in [-0.15, -0.1) is 0 Å². The number of aryl methyl sites for hydroxylation is 4. The quantitative estimate of drug-likeness (QED) is 0.506. The van der Waals surface area contributed by atoms with E-state index in [1.165, 1.54) is 4.57 Å². The highest BCUT2D eigenvalue weighted by atomic mass is 19.1. The molecule has 8 heteroatoms. The van der Waals surface area contributed by atoms with Gasteiger partial charge in [-0.05, 0) is 62.2 Å². The van der Waals surface area contributed by atoms with Gasteiger partial charge in [-0.2, -0.15) is 4.98 Å². The maximum absolute atomic E-state index is 13.9. The van der Waals surface area contributed by atoms with E-state index < -0.39 is 5.76 Å².